The Kier molecular flexibility index (Phi) is 9.40. The van der Waals surface area contributed by atoms with Crippen molar-refractivity contribution >= 4 is 34.9 Å². The van der Waals surface area contributed by atoms with Gasteiger partial charge in [0.2, 0.25) is 0 Å². The molecule has 0 spiro atoms. The number of nitro groups is 1. The lowest BCUT2D eigenvalue weighted by molar-refractivity contribution is -0.385. The number of rotatable bonds is 11. The minimum Gasteiger partial charge on any atom is -0.459 e. The molecule has 1 atom stereocenters. The van der Waals surface area contributed by atoms with Crippen LogP contribution in [0, 0.1) is 10.1 Å². The van der Waals surface area contributed by atoms with Crippen molar-refractivity contribution in [2.45, 2.75) is 58.5 Å². The summed E-state index contributed by atoms with van der Waals surface area (Å²) in [5, 5.41) is 12.1. The summed E-state index contributed by atoms with van der Waals surface area (Å²) in [5.74, 6) is -0.214. The van der Waals surface area contributed by atoms with Crippen LogP contribution in [0.5, 0.6) is 11.5 Å². The quantitative estimate of drug-likeness (QED) is 0.151. The largest absolute Gasteiger partial charge is 0.459 e. The third-order valence-electron chi connectivity index (χ3n) is 4.53. The molecule has 30 heavy (non-hydrogen) atoms. The molecule has 2 aromatic rings. The van der Waals surface area contributed by atoms with E-state index in [1.807, 2.05) is 0 Å². The Labute approximate surface area is 186 Å². The first-order valence-corrected chi connectivity index (χ1v) is 10.7. The summed E-state index contributed by atoms with van der Waals surface area (Å²) in [5.41, 5.74) is -0.509. The van der Waals surface area contributed by atoms with Gasteiger partial charge in [0.15, 0.2) is 0 Å². The number of halogens is 2. The molecule has 0 aliphatic carbocycles. The lowest BCUT2D eigenvalue weighted by atomic mass is 10.1. The van der Waals surface area contributed by atoms with E-state index in [1.165, 1.54) is 30.7 Å². The third kappa shape index (κ3) is 7.18. The zero-order valence-corrected chi connectivity index (χ0v) is 18.5. The van der Waals surface area contributed by atoms with Crippen molar-refractivity contribution in [3.63, 3.8) is 0 Å². The molecule has 0 amide bonds. The normalized spacial score (nSPS) is 11.7. The van der Waals surface area contributed by atoms with Gasteiger partial charge in [0, 0.05) is 17.2 Å². The molecule has 0 fully saturated rings. The number of carbonyl (C=O) groups is 1. The molecule has 0 aliphatic rings. The van der Waals surface area contributed by atoms with E-state index in [4.69, 9.17) is 32.7 Å². The maximum absolute atomic E-state index is 12.6. The van der Waals surface area contributed by atoms with Gasteiger partial charge in [-0.15, -0.1) is 0 Å². The van der Waals surface area contributed by atoms with E-state index >= 15 is 0 Å². The summed E-state index contributed by atoms with van der Waals surface area (Å²) in [6.45, 7) is 3.94. The van der Waals surface area contributed by atoms with E-state index in [2.05, 4.69) is 6.92 Å². The fraction of sp³-hybridized carbons (Fsp3) is 0.409. The van der Waals surface area contributed by atoms with Gasteiger partial charge < -0.3 is 9.47 Å². The van der Waals surface area contributed by atoms with Crippen molar-refractivity contribution in [3.05, 3.63) is 62.1 Å². The van der Waals surface area contributed by atoms with Crippen molar-refractivity contribution < 1.29 is 19.2 Å². The van der Waals surface area contributed by atoms with Crippen LogP contribution in [0.25, 0.3) is 0 Å². The summed E-state index contributed by atoms with van der Waals surface area (Å²) in [7, 11) is 0. The van der Waals surface area contributed by atoms with E-state index in [0.717, 1.165) is 25.7 Å². The average molecular weight is 454 g/mol. The van der Waals surface area contributed by atoms with Crippen LogP contribution < -0.4 is 4.74 Å². The summed E-state index contributed by atoms with van der Waals surface area (Å²) in [4.78, 5) is 23.4. The van der Waals surface area contributed by atoms with Gasteiger partial charge in [0.1, 0.15) is 17.1 Å². The van der Waals surface area contributed by atoms with E-state index in [0.29, 0.717) is 17.2 Å². The molecule has 0 radical (unpaired) electrons. The molecule has 6 nitrogen and oxygen atoms in total. The van der Waals surface area contributed by atoms with E-state index in [1.54, 1.807) is 19.1 Å². The molecule has 1 unspecified atom stereocenters. The number of unbranched alkanes of at least 4 members (excludes halogenated alkanes) is 4. The predicted octanol–water partition coefficient (Wildman–Crippen LogP) is 7.60. The zero-order chi connectivity index (χ0) is 22.1. The highest BCUT2D eigenvalue weighted by Gasteiger charge is 2.24. The van der Waals surface area contributed by atoms with Gasteiger partial charge in [-0.25, -0.2) is 4.79 Å². The predicted molar refractivity (Wildman–Crippen MR) is 118 cm³/mol. The van der Waals surface area contributed by atoms with E-state index in [-0.39, 0.29) is 28.1 Å². The van der Waals surface area contributed by atoms with Crippen molar-refractivity contribution in [1.82, 2.24) is 0 Å². The Bertz CT molecular complexity index is 888. The van der Waals surface area contributed by atoms with Gasteiger partial charge in [-0.05, 0) is 44.0 Å². The zero-order valence-electron chi connectivity index (χ0n) is 17.0. The fourth-order valence-corrected chi connectivity index (χ4v) is 3.37. The average Bonchev–Trinajstić information content (AvgIpc) is 2.69. The first-order chi connectivity index (χ1) is 14.3. The molecule has 0 bridgehead atoms. The maximum Gasteiger partial charge on any atom is 0.345 e. The molecule has 162 valence electrons. The van der Waals surface area contributed by atoms with E-state index < -0.39 is 10.9 Å². The number of esters is 1. The Balaban J connectivity index is 2.11. The number of benzene rings is 2. The third-order valence-corrected chi connectivity index (χ3v) is 5.06. The molecule has 0 aliphatic heterocycles. The topological polar surface area (TPSA) is 78.7 Å². The van der Waals surface area contributed by atoms with Crippen LogP contribution >= 0.6 is 23.2 Å². The van der Waals surface area contributed by atoms with Crippen LogP contribution in [0.1, 0.15) is 62.7 Å². The summed E-state index contributed by atoms with van der Waals surface area (Å²) in [6.07, 6.45) is 5.87. The van der Waals surface area contributed by atoms with Crippen LogP contribution in [-0.2, 0) is 4.74 Å². The first-order valence-electron chi connectivity index (χ1n) is 9.94. The van der Waals surface area contributed by atoms with Gasteiger partial charge in [-0.3, -0.25) is 10.1 Å². The SMILES string of the molecule is CCCCCCCC(C)OC(=O)c1cc(Oc2ccc(Cl)cc2Cl)ccc1[N+](=O)[O-]. The van der Waals surface area contributed by atoms with Crippen LogP contribution in [0.2, 0.25) is 10.0 Å². The molecule has 0 aromatic heterocycles. The number of nitro benzene ring substituents is 1. The number of carbonyl (C=O) groups excluding carboxylic acids is 1. The molecule has 8 heteroatoms. The van der Waals surface area contributed by atoms with Crippen molar-refractivity contribution in [2.24, 2.45) is 0 Å². The fourth-order valence-electron chi connectivity index (χ4n) is 2.93. The first kappa shape index (κ1) is 24.0. The highest BCUT2D eigenvalue weighted by Crippen LogP contribution is 2.33. The van der Waals surface area contributed by atoms with Gasteiger partial charge >= 0.3 is 5.97 Å². The minimum absolute atomic E-state index is 0.166. The highest BCUT2D eigenvalue weighted by molar-refractivity contribution is 6.35. The molecular formula is C22H25Cl2NO5. The summed E-state index contributed by atoms with van der Waals surface area (Å²) in [6, 6.07) is 8.60. The lowest BCUT2D eigenvalue weighted by Crippen LogP contribution is -2.16. The number of ether oxygens (including phenoxy) is 2. The number of hydrogen-bond donors (Lipinski definition) is 0. The maximum atomic E-state index is 12.6. The van der Waals surface area contributed by atoms with Crippen molar-refractivity contribution in [1.29, 1.82) is 0 Å². The molecule has 0 heterocycles. The van der Waals surface area contributed by atoms with Crippen LogP contribution in [0.15, 0.2) is 36.4 Å². The van der Waals surface area contributed by atoms with Crippen LogP contribution in [0.3, 0.4) is 0 Å². The second kappa shape index (κ2) is 11.8. The Hall–Kier alpha value is -2.31. The smallest absolute Gasteiger partial charge is 0.345 e. The molecule has 2 aromatic carbocycles. The van der Waals surface area contributed by atoms with Crippen LogP contribution in [-0.4, -0.2) is 17.0 Å². The summed E-state index contributed by atoms with van der Waals surface area (Å²) >= 11 is 12.0. The Morgan fingerprint density at radius 2 is 1.83 bits per heavy atom. The van der Waals surface area contributed by atoms with E-state index in [9.17, 15) is 14.9 Å². The van der Waals surface area contributed by atoms with Crippen LogP contribution in [0.4, 0.5) is 5.69 Å². The molecule has 2 rings (SSSR count). The van der Waals surface area contributed by atoms with Gasteiger partial charge in [0.05, 0.1) is 16.0 Å². The number of hydrogen-bond acceptors (Lipinski definition) is 5. The molecule has 0 saturated heterocycles. The van der Waals surface area contributed by atoms with Crippen molar-refractivity contribution in [3.8, 4) is 11.5 Å². The van der Waals surface area contributed by atoms with Gasteiger partial charge in [0.25, 0.3) is 5.69 Å². The monoisotopic (exact) mass is 453 g/mol. The molecular weight excluding hydrogens is 429 g/mol. The second-order valence-corrected chi connectivity index (χ2v) is 7.88. The Morgan fingerprint density at radius 1 is 1.10 bits per heavy atom. The lowest BCUT2D eigenvalue weighted by Gasteiger charge is -2.14. The standard InChI is InChI=1S/C22H25Cl2NO5/c1-3-4-5-6-7-8-15(2)29-22(26)18-14-17(10-11-20(18)25(27)28)30-21-12-9-16(23)13-19(21)24/h9-15H,3-8H2,1-2H3. The minimum atomic E-state index is -0.754. The Morgan fingerprint density at radius 3 is 2.50 bits per heavy atom. The second-order valence-electron chi connectivity index (χ2n) is 7.03. The highest BCUT2D eigenvalue weighted by atomic mass is 35.5. The van der Waals surface area contributed by atoms with Crippen molar-refractivity contribution in [2.75, 3.05) is 0 Å². The molecule has 0 saturated carbocycles. The number of nitrogens with zero attached hydrogens (tertiary/aromatic N) is 1. The molecule has 0 N–H and O–H groups in total. The summed E-state index contributed by atoms with van der Waals surface area (Å²) < 4.78 is 11.1. The van der Waals surface area contributed by atoms with Gasteiger partial charge in [-0.1, -0.05) is 55.8 Å². The van der Waals surface area contributed by atoms with Gasteiger partial charge in [-0.2, -0.15) is 0 Å².